The van der Waals surface area contributed by atoms with E-state index in [1.807, 2.05) is 30.3 Å². The Morgan fingerprint density at radius 2 is 1.92 bits per heavy atom. The van der Waals surface area contributed by atoms with Gasteiger partial charge in [0.15, 0.2) is 5.96 Å². The Hall–Kier alpha value is -3.08. The summed E-state index contributed by atoms with van der Waals surface area (Å²) in [7, 11) is 1.76. The van der Waals surface area contributed by atoms with Gasteiger partial charge in [0.05, 0.1) is 12.2 Å². The van der Waals surface area contributed by atoms with Gasteiger partial charge in [0.1, 0.15) is 6.26 Å². The molecule has 2 N–H and O–H groups in total. The molecule has 0 saturated carbocycles. The second kappa shape index (κ2) is 8.85. The number of hydrogen-bond acceptors (Lipinski definition) is 3. The zero-order valence-electron chi connectivity index (χ0n) is 15.2. The fourth-order valence-electron chi connectivity index (χ4n) is 2.69. The van der Waals surface area contributed by atoms with E-state index in [1.165, 1.54) is 11.1 Å². The highest BCUT2D eigenvalue weighted by Gasteiger charge is 2.07. The molecule has 0 unspecified atom stereocenters. The summed E-state index contributed by atoms with van der Waals surface area (Å²) in [6.45, 7) is 3.48. The number of nitrogens with zero attached hydrogens (tertiary/aromatic N) is 2. The second-order valence-corrected chi connectivity index (χ2v) is 6.10. The van der Waals surface area contributed by atoms with Crippen molar-refractivity contribution in [3.63, 3.8) is 0 Å². The smallest absolute Gasteiger partial charge is 0.226 e. The molecule has 2 aromatic carbocycles. The third-order valence-corrected chi connectivity index (χ3v) is 4.02. The van der Waals surface area contributed by atoms with Crippen LogP contribution in [-0.4, -0.2) is 24.5 Å². The van der Waals surface area contributed by atoms with Gasteiger partial charge in [0.25, 0.3) is 0 Å². The molecular weight excluding hydrogens is 324 g/mol. The monoisotopic (exact) mass is 348 g/mol. The van der Waals surface area contributed by atoms with Gasteiger partial charge in [-0.25, -0.2) is 4.98 Å². The lowest BCUT2D eigenvalue weighted by Gasteiger charge is -2.11. The molecule has 0 aliphatic rings. The minimum atomic E-state index is 0.556. The summed E-state index contributed by atoms with van der Waals surface area (Å²) in [6.07, 6.45) is 2.62. The second-order valence-electron chi connectivity index (χ2n) is 6.10. The molecule has 3 aromatic rings. The van der Waals surface area contributed by atoms with Crippen LogP contribution >= 0.6 is 0 Å². The molecule has 0 spiro atoms. The van der Waals surface area contributed by atoms with Crippen molar-refractivity contribution in [1.29, 1.82) is 0 Å². The molecule has 0 aliphatic heterocycles. The number of oxazole rings is 1. The summed E-state index contributed by atoms with van der Waals surface area (Å²) in [5.74, 6) is 1.38. The van der Waals surface area contributed by atoms with Crippen LogP contribution in [0, 0.1) is 6.92 Å². The molecule has 26 heavy (non-hydrogen) atoms. The highest BCUT2D eigenvalue weighted by molar-refractivity contribution is 5.79. The van der Waals surface area contributed by atoms with Gasteiger partial charge < -0.3 is 15.1 Å². The number of guanidine groups is 1. The molecule has 1 aromatic heterocycles. The number of aryl methyl sites for hydroxylation is 1. The maximum absolute atomic E-state index is 5.56. The largest absolute Gasteiger partial charge is 0.444 e. The van der Waals surface area contributed by atoms with Gasteiger partial charge in [-0.1, -0.05) is 48.0 Å². The molecule has 5 heteroatoms. The first-order chi connectivity index (χ1) is 12.7. The Morgan fingerprint density at radius 1 is 1.08 bits per heavy atom. The van der Waals surface area contributed by atoms with E-state index < -0.39 is 0 Å². The van der Waals surface area contributed by atoms with Crippen LogP contribution in [0.15, 0.2) is 70.3 Å². The maximum atomic E-state index is 5.56. The first-order valence-electron chi connectivity index (χ1n) is 8.74. The van der Waals surface area contributed by atoms with E-state index in [4.69, 9.17) is 4.42 Å². The zero-order valence-corrected chi connectivity index (χ0v) is 15.2. The van der Waals surface area contributed by atoms with E-state index in [0.29, 0.717) is 12.4 Å². The molecule has 0 fully saturated rings. The minimum Gasteiger partial charge on any atom is -0.444 e. The lowest BCUT2D eigenvalue weighted by atomic mass is 10.1. The quantitative estimate of drug-likeness (QED) is 0.528. The van der Waals surface area contributed by atoms with Crippen molar-refractivity contribution in [1.82, 2.24) is 15.6 Å². The van der Waals surface area contributed by atoms with E-state index in [-0.39, 0.29) is 0 Å². The maximum Gasteiger partial charge on any atom is 0.226 e. The molecule has 0 bridgehead atoms. The van der Waals surface area contributed by atoms with Crippen molar-refractivity contribution >= 4 is 5.96 Å². The number of hydrogen-bond donors (Lipinski definition) is 2. The lowest BCUT2D eigenvalue weighted by molar-refractivity contribution is 0.572. The Bertz CT molecular complexity index is 855. The van der Waals surface area contributed by atoms with Crippen LogP contribution in [0.1, 0.15) is 16.8 Å². The predicted molar refractivity (Wildman–Crippen MR) is 105 cm³/mol. The first-order valence-corrected chi connectivity index (χ1v) is 8.74. The summed E-state index contributed by atoms with van der Waals surface area (Å²) in [4.78, 5) is 8.77. The predicted octanol–water partition coefficient (Wildman–Crippen LogP) is 3.56. The summed E-state index contributed by atoms with van der Waals surface area (Å²) >= 11 is 0. The summed E-state index contributed by atoms with van der Waals surface area (Å²) in [6, 6.07) is 18.4. The molecule has 3 rings (SSSR count). The van der Waals surface area contributed by atoms with E-state index in [9.17, 15) is 0 Å². The van der Waals surface area contributed by atoms with Crippen molar-refractivity contribution in [2.45, 2.75) is 19.9 Å². The van der Waals surface area contributed by atoms with Crippen LogP contribution in [0.25, 0.3) is 11.5 Å². The van der Waals surface area contributed by atoms with Gasteiger partial charge in [0, 0.05) is 19.2 Å². The van der Waals surface area contributed by atoms with Gasteiger partial charge in [-0.2, -0.15) is 0 Å². The van der Waals surface area contributed by atoms with Crippen molar-refractivity contribution in [2.24, 2.45) is 4.99 Å². The van der Waals surface area contributed by atoms with Crippen molar-refractivity contribution in [2.75, 3.05) is 13.6 Å². The minimum absolute atomic E-state index is 0.556. The fourth-order valence-corrected chi connectivity index (χ4v) is 2.69. The summed E-state index contributed by atoms with van der Waals surface area (Å²) in [5.41, 5.74) is 4.41. The van der Waals surface area contributed by atoms with Crippen LogP contribution in [0.4, 0.5) is 0 Å². The fraction of sp³-hybridized carbons (Fsp3) is 0.238. The average molecular weight is 348 g/mol. The van der Waals surface area contributed by atoms with Crippen LogP contribution in [-0.2, 0) is 13.0 Å². The number of aromatic nitrogens is 1. The molecule has 1 heterocycles. The third-order valence-electron chi connectivity index (χ3n) is 4.02. The summed E-state index contributed by atoms with van der Waals surface area (Å²) in [5, 5.41) is 6.59. The van der Waals surface area contributed by atoms with E-state index >= 15 is 0 Å². The molecular formula is C21H24N4O. The number of nitrogens with one attached hydrogen (secondary N) is 2. The normalized spacial score (nSPS) is 11.4. The lowest BCUT2D eigenvalue weighted by Crippen LogP contribution is -2.37. The van der Waals surface area contributed by atoms with Crippen LogP contribution in [0.5, 0.6) is 0 Å². The molecule has 5 nitrogen and oxygen atoms in total. The van der Waals surface area contributed by atoms with Gasteiger partial charge in [0.2, 0.25) is 5.89 Å². The molecule has 0 radical (unpaired) electrons. The van der Waals surface area contributed by atoms with Crippen molar-refractivity contribution < 1.29 is 4.42 Å². The Balaban J connectivity index is 1.48. The van der Waals surface area contributed by atoms with Crippen molar-refractivity contribution in [3.8, 4) is 11.5 Å². The number of aliphatic imine (C=N–C) groups is 1. The number of benzene rings is 2. The first kappa shape index (κ1) is 17.7. The third kappa shape index (κ3) is 4.96. The molecule has 134 valence electrons. The van der Waals surface area contributed by atoms with Crippen LogP contribution in [0.2, 0.25) is 0 Å². The molecule has 0 atom stereocenters. The Morgan fingerprint density at radius 3 is 2.69 bits per heavy atom. The SMILES string of the molecule is CN=C(NCCc1cccc(C)c1)NCc1coc(-c2ccccc2)n1. The van der Waals surface area contributed by atoms with E-state index in [2.05, 4.69) is 51.8 Å². The van der Waals surface area contributed by atoms with Gasteiger partial charge in [-0.05, 0) is 31.0 Å². The average Bonchev–Trinajstić information content (AvgIpc) is 3.14. The van der Waals surface area contributed by atoms with Gasteiger partial charge >= 0.3 is 0 Å². The zero-order chi connectivity index (χ0) is 18.2. The van der Waals surface area contributed by atoms with Crippen LogP contribution in [0.3, 0.4) is 0 Å². The summed E-state index contributed by atoms with van der Waals surface area (Å²) < 4.78 is 5.56. The topological polar surface area (TPSA) is 62.5 Å². The highest BCUT2D eigenvalue weighted by atomic mass is 16.3. The molecule has 0 amide bonds. The van der Waals surface area contributed by atoms with Gasteiger partial charge in [-0.15, -0.1) is 0 Å². The van der Waals surface area contributed by atoms with Crippen LogP contribution < -0.4 is 10.6 Å². The Labute approximate surface area is 154 Å². The van der Waals surface area contributed by atoms with Gasteiger partial charge in [-0.3, -0.25) is 4.99 Å². The van der Waals surface area contributed by atoms with Crippen molar-refractivity contribution in [3.05, 3.63) is 77.7 Å². The standard InChI is InChI=1S/C21H24N4O/c1-16-7-6-8-17(13-16)11-12-23-21(22-2)24-14-19-15-26-20(25-19)18-9-4-3-5-10-18/h3-10,13,15H,11-12,14H2,1-2H3,(H2,22,23,24). The molecule has 0 aliphatic carbocycles. The number of rotatable bonds is 6. The highest BCUT2D eigenvalue weighted by Crippen LogP contribution is 2.17. The Kier molecular flexibility index (Phi) is 6.04. The van der Waals surface area contributed by atoms with E-state index in [1.54, 1.807) is 13.3 Å². The van der Waals surface area contributed by atoms with E-state index in [0.717, 1.165) is 30.2 Å². The molecule has 0 saturated heterocycles.